The van der Waals surface area contributed by atoms with Crippen molar-refractivity contribution in [3.05, 3.63) is 39.5 Å². The van der Waals surface area contributed by atoms with Crippen LogP contribution < -0.4 is 5.73 Å². The van der Waals surface area contributed by atoms with Crippen molar-refractivity contribution in [2.75, 3.05) is 0 Å². The van der Waals surface area contributed by atoms with Crippen LogP contribution in [0, 0.1) is 5.82 Å². The lowest BCUT2D eigenvalue weighted by molar-refractivity contribution is 0.411. The van der Waals surface area contributed by atoms with Crippen LogP contribution in [0.15, 0.2) is 18.2 Å². The maximum Gasteiger partial charge on any atom is 0.123 e. The summed E-state index contributed by atoms with van der Waals surface area (Å²) in [6, 6.07) is 4.94. The van der Waals surface area contributed by atoms with E-state index in [9.17, 15) is 4.39 Å². The third kappa shape index (κ3) is 1.90. The Morgan fingerprint density at radius 1 is 1.37 bits per heavy atom. The van der Waals surface area contributed by atoms with Crippen molar-refractivity contribution in [2.24, 2.45) is 5.73 Å². The summed E-state index contributed by atoms with van der Waals surface area (Å²) in [6.07, 6.45) is 2.54. The predicted molar refractivity (Wildman–Crippen MR) is 76.8 cm³/mol. The summed E-state index contributed by atoms with van der Waals surface area (Å²) in [7, 11) is 0. The van der Waals surface area contributed by atoms with Crippen LogP contribution in [-0.4, -0.2) is 4.98 Å². The van der Waals surface area contributed by atoms with Gasteiger partial charge in [-0.25, -0.2) is 9.37 Å². The Labute approximate surface area is 116 Å². The van der Waals surface area contributed by atoms with Crippen LogP contribution >= 0.6 is 11.3 Å². The second-order valence-corrected chi connectivity index (χ2v) is 6.22. The average Bonchev–Trinajstić information content (AvgIpc) is 2.94. The van der Waals surface area contributed by atoms with Crippen molar-refractivity contribution in [1.82, 2.24) is 4.98 Å². The largest absolute Gasteiger partial charge is 0.319 e. The summed E-state index contributed by atoms with van der Waals surface area (Å²) in [5, 5.41) is 1.01. The van der Waals surface area contributed by atoms with Gasteiger partial charge in [0.2, 0.25) is 0 Å². The van der Waals surface area contributed by atoms with Crippen LogP contribution in [0.25, 0.3) is 11.3 Å². The summed E-state index contributed by atoms with van der Waals surface area (Å²) in [6.45, 7) is 4.19. The van der Waals surface area contributed by atoms with Gasteiger partial charge in [-0.3, -0.25) is 0 Å². The van der Waals surface area contributed by atoms with E-state index < -0.39 is 0 Å². The standard InChI is InChI=1S/C15H17FN2S/c1-3-15(17,4-2)14-18-13-11-6-5-10(16)7-9(11)8-12(13)19-14/h5-7H,3-4,8,17H2,1-2H3. The van der Waals surface area contributed by atoms with Crippen molar-refractivity contribution in [1.29, 1.82) is 0 Å². The number of aromatic nitrogens is 1. The molecule has 4 heteroatoms. The van der Waals surface area contributed by atoms with Crippen LogP contribution in [0.5, 0.6) is 0 Å². The molecule has 2 nitrogen and oxygen atoms in total. The lowest BCUT2D eigenvalue weighted by Gasteiger charge is -2.23. The molecule has 0 amide bonds. The van der Waals surface area contributed by atoms with Crippen LogP contribution in [0.3, 0.4) is 0 Å². The van der Waals surface area contributed by atoms with E-state index >= 15 is 0 Å². The molecule has 100 valence electrons. The molecular formula is C15H17FN2S. The van der Waals surface area contributed by atoms with Crippen molar-refractivity contribution in [3.63, 3.8) is 0 Å². The highest BCUT2D eigenvalue weighted by molar-refractivity contribution is 7.12. The van der Waals surface area contributed by atoms with Crippen molar-refractivity contribution >= 4 is 11.3 Å². The summed E-state index contributed by atoms with van der Waals surface area (Å²) in [4.78, 5) is 5.96. The van der Waals surface area contributed by atoms with Gasteiger partial charge in [0.1, 0.15) is 10.8 Å². The molecule has 19 heavy (non-hydrogen) atoms. The SMILES string of the molecule is CCC(N)(CC)c1nc2c(s1)Cc1cc(F)ccc1-2. The van der Waals surface area contributed by atoms with Crippen LogP contribution in [0.1, 0.15) is 42.1 Å². The first-order chi connectivity index (χ1) is 9.07. The lowest BCUT2D eigenvalue weighted by atomic mass is 9.95. The number of benzene rings is 1. The highest BCUT2D eigenvalue weighted by Crippen LogP contribution is 2.42. The van der Waals surface area contributed by atoms with Crippen molar-refractivity contribution < 1.29 is 4.39 Å². The third-order valence-electron chi connectivity index (χ3n) is 4.06. The van der Waals surface area contributed by atoms with Gasteiger partial charge in [0.25, 0.3) is 0 Å². The number of hydrogen-bond donors (Lipinski definition) is 1. The molecule has 0 spiro atoms. The Morgan fingerprint density at radius 3 is 2.79 bits per heavy atom. The first kappa shape index (κ1) is 12.8. The fourth-order valence-electron chi connectivity index (χ4n) is 2.56. The van der Waals surface area contributed by atoms with Gasteiger partial charge < -0.3 is 5.73 Å². The summed E-state index contributed by atoms with van der Waals surface area (Å²) in [5.41, 5.74) is 9.19. The van der Waals surface area contributed by atoms with E-state index in [1.165, 1.54) is 10.9 Å². The number of nitrogens with zero attached hydrogens (tertiary/aromatic N) is 1. The summed E-state index contributed by atoms with van der Waals surface area (Å²) >= 11 is 1.68. The molecule has 0 aliphatic heterocycles. The molecule has 2 aromatic rings. The van der Waals surface area contributed by atoms with E-state index in [0.717, 1.165) is 41.1 Å². The highest BCUT2D eigenvalue weighted by Gasteiger charge is 2.31. The summed E-state index contributed by atoms with van der Waals surface area (Å²) < 4.78 is 13.2. The minimum Gasteiger partial charge on any atom is -0.319 e. The molecule has 1 aliphatic rings. The molecule has 3 rings (SSSR count). The molecule has 0 atom stereocenters. The molecule has 1 aromatic carbocycles. The Balaban J connectivity index is 2.07. The zero-order valence-corrected chi connectivity index (χ0v) is 12.0. The van der Waals surface area contributed by atoms with Gasteiger partial charge in [0.15, 0.2) is 0 Å². The maximum absolute atomic E-state index is 13.2. The van der Waals surface area contributed by atoms with Gasteiger partial charge in [-0.15, -0.1) is 11.3 Å². The normalized spacial score (nSPS) is 13.5. The molecule has 1 aliphatic carbocycles. The molecule has 0 saturated heterocycles. The topological polar surface area (TPSA) is 38.9 Å². The smallest absolute Gasteiger partial charge is 0.123 e. The van der Waals surface area contributed by atoms with Gasteiger partial charge >= 0.3 is 0 Å². The zero-order valence-electron chi connectivity index (χ0n) is 11.2. The van der Waals surface area contributed by atoms with E-state index in [2.05, 4.69) is 13.8 Å². The Hall–Kier alpha value is -1.26. The zero-order chi connectivity index (χ0) is 13.6. The summed E-state index contributed by atoms with van der Waals surface area (Å²) in [5.74, 6) is -0.176. The van der Waals surface area contributed by atoms with Gasteiger partial charge in [0, 0.05) is 16.9 Å². The second-order valence-electron chi connectivity index (χ2n) is 5.13. The molecule has 0 fully saturated rings. The molecular weight excluding hydrogens is 259 g/mol. The molecule has 1 heterocycles. The quantitative estimate of drug-likeness (QED) is 0.789. The van der Waals surface area contributed by atoms with E-state index in [-0.39, 0.29) is 11.4 Å². The number of thiazole rings is 1. The maximum atomic E-state index is 13.2. The van der Waals surface area contributed by atoms with Crippen molar-refractivity contribution in [3.8, 4) is 11.3 Å². The molecule has 2 N–H and O–H groups in total. The number of hydrogen-bond acceptors (Lipinski definition) is 3. The third-order valence-corrected chi connectivity index (χ3v) is 5.33. The van der Waals surface area contributed by atoms with Crippen molar-refractivity contribution in [2.45, 2.75) is 38.6 Å². The Kier molecular flexibility index (Phi) is 2.95. The van der Waals surface area contributed by atoms with Crippen LogP contribution in [-0.2, 0) is 12.0 Å². The lowest BCUT2D eigenvalue weighted by Crippen LogP contribution is -2.34. The molecule has 0 saturated carbocycles. The van der Waals surface area contributed by atoms with E-state index in [0.29, 0.717) is 0 Å². The Morgan fingerprint density at radius 2 is 2.11 bits per heavy atom. The number of nitrogens with two attached hydrogens (primary N) is 1. The first-order valence-corrected chi connectivity index (χ1v) is 7.47. The van der Waals surface area contributed by atoms with Crippen LogP contribution in [0.4, 0.5) is 4.39 Å². The predicted octanol–water partition coefficient (Wildman–Crippen LogP) is 3.83. The monoisotopic (exact) mass is 276 g/mol. The van der Waals surface area contributed by atoms with Gasteiger partial charge in [-0.05, 0) is 36.6 Å². The molecule has 0 unspecified atom stereocenters. The molecule has 0 bridgehead atoms. The first-order valence-electron chi connectivity index (χ1n) is 6.65. The number of halogens is 1. The van der Waals surface area contributed by atoms with Gasteiger partial charge in [-0.1, -0.05) is 13.8 Å². The number of fused-ring (bicyclic) bond motifs is 3. The van der Waals surface area contributed by atoms with Gasteiger partial charge in [-0.2, -0.15) is 0 Å². The average molecular weight is 276 g/mol. The Bertz CT molecular complexity index is 629. The van der Waals surface area contributed by atoms with Gasteiger partial charge in [0.05, 0.1) is 11.2 Å². The minimum absolute atomic E-state index is 0.176. The van der Waals surface area contributed by atoms with E-state index in [1.807, 2.05) is 6.07 Å². The second kappa shape index (κ2) is 4.39. The fourth-order valence-corrected chi connectivity index (χ4v) is 3.90. The molecule has 0 radical (unpaired) electrons. The highest BCUT2D eigenvalue weighted by atomic mass is 32.1. The fraction of sp³-hybridized carbons (Fsp3) is 0.400. The molecule has 1 aromatic heterocycles. The number of rotatable bonds is 3. The van der Waals surface area contributed by atoms with E-state index in [4.69, 9.17) is 10.7 Å². The minimum atomic E-state index is -0.324. The van der Waals surface area contributed by atoms with E-state index in [1.54, 1.807) is 17.4 Å². The van der Waals surface area contributed by atoms with Crippen LogP contribution in [0.2, 0.25) is 0 Å².